The predicted octanol–water partition coefficient (Wildman–Crippen LogP) is 4.89. The number of hydrogen-bond donors (Lipinski definition) is 0. The van der Waals surface area contributed by atoms with Crippen LogP contribution in [0.25, 0.3) is 0 Å². The van der Waals surface area contributed by atoms with Gasteiger partial charge >= 0.3 is 0 Å². The van der Waals surface area contributed by atoms with Gasteiger partial charge in [0.25, 0.3) is 0 Å². The van der Waals surface area contributed by atoms with Gasteiger partial charge in [-0.15, -0.1) is 14.5 Å². The first-order chi connectivity index (χ1) is 6.52. The highest BCUT2D eigenvalue weighted by atomic mass is 31.1. The van der Waals surface area contributed by atoms with Gasteiger partial charge in [-0.05, 0) is 51.1 Å². The van der Waals surface area contributed by atoms with Crippen LogP contribution in [-0.4, -0.2) is 19.0 Å². The van der Waals surface area contributed by atoms with Gasteiger partial charge in [0.05, 0.1) is 0 Å². The molecule has 0 N–H and O–H groups in total. The lowest BCUT2D eigenvalue weighted by molar-refractivity contribution is 0.578. The maximum atomic E-state index is 3.94. The Hall–Kier alpha value is 0.170. The molecule has 1 heteroatoms. The van der Waals surface area contributed by atoms with Crippen LogP contribution in [0.1, 0.15) is 46.5 Å². The quantitative estimate of drug-likeness (QED) is 0.398. The van der Waals surface area contributed by atoms with E-state index in [1.807, 2.05) is 0 Å². The minimum Gasteiger partial charge on any atom is -0.110 e. The Morgan fingerprint density at radius 2 is 1.79 bits per heavy atom. The van der Waals surface area contributed by atoms with Crippen LogP contribution < -0.4 is 0 Å². The van der Waals surface area contributed by atoms with Crippen LogP contribution in [0.4, 0.5) is 0 Å². The van der Waals surface area contributed by atoms with Gasteiger partial charge in [0, 0.05) is 0 Å². The van der Waals surface area contributed by atoms with Gasteiger partial charge in [-0.1, -0.05) is 25.8 Å². The molecule has 0 rings (SSSR count). The molecule has 1 atom stereocenters. The van der Waals surface area contributed by atoms with Crippen LogP contribution in [0.3, 0.4) is 0 Å². The summed E-state index contributed by atoms with van der Waals surface area (Å²) in [4.78, 5) is 0. The van der Waals surface area contributed by atoms with Crippen LogP contribution in [0, 0.1) is 5.92 Å². The first-order valence-electron chi connectivity index (χ1n) is 5.85. The van der Waals surface area contributed by atoms with Crippen molar-refractivity contribution in [2.75, 3.05) is 19.0 Å². The van der Waals surface area contributed by atoms with Crippen LogP contribution in [-0.2, 0) is 0 Å². The molecule has 0 aliphatic rings. The standard InChI is InChI=1S/C13H27P/c1-12(2)8-6-10-14(5)11-7-9-13(3)4/h13H,1,6-11H2,2-5H3. The fourth-order valence-corrected chi connectivity index (χ4v) is 3.18. The fourth-order valence-electron chi connectivity index (χ4n) is 1.53. The zero-order valence-electron chi connectivity index (χ0n) is 10.5. The van der Waals surface area contributed by atoms with Crippen molar-refractivity contribution in [2.45, 2.75) is 46.5 Å². The fraction of sp³-hybridized carbons (Fsp3) is 0.846. The number of allylic oxidation sites excluding steroid dienone is 1. The summed E-state index contributed by atoms with van der Waals surface area (Å²) >= 11 is 0. The Balaban J connectivity index is 3.27. The van der Waals surface area contributed by atoms with E-state index in [-0.39, 0.29) is 0 Å². The van der Waals surface area contributed by atoms with E-state index in [1.165, 1.54) is 43.6 Å². The highest BCUT2D eigenvalue weighted by Crippen LogP contribution is 2.33. The molecule has 0 nitrogen and oxygen atoms in total. The number of rotatable bonds is 8. The first-order valence-corrected chi connectivity index (χ1v) is 8.01. The van der Waals surface area contributed by atoms with Crippen molar-refractivity contribution in [3.63, 3.8) is 0 Å². The predicted molar refractivity (Wildman–Crippen MR) is 70.7 cm³/mol. The SMILES string of the molecule is C=C(C)CCCP(C)CCCC(C)C. The van der Waals surface area contributed by atoms with Crippen LogP contribution in [0.5, 0.6) is 0 Å². The molecule has 14 heavy (non-hydrogen) atoms. The number of hydrogen-bond acceptors (Lipinski definition) is 0. The van der Waals surface area contributed by atoms with Gasteiger partial charge in [-0.25, -0.2) is 0 Å². The molecule has 0 radical (unpaired) electrons. The molecule has 0 aromatic heterocycles. The van der Waals surface area contributed by atoms with E-state index in [1.54, 1.807) is 0 Å². The summed E-state index contributed by atoms with van der Waals surface area (Å²) in [6.45, 7) is 13.2. The average molecular weight is 214 g/mol. The molecule has 0 aromatic rings. The van der Waals surface area contributed by atoms with Crippen molar-refractivity contribution in [3.8, 4) is 0 Å². The van der Waals surface area contributed by atoms with Gasteiger partial charge < -0.3 is 0 Å². The first kappa shape index (κ1) is 14.2. The second-order valence-corrected chi connectivity index (χ2v) is 7.51. The molecule has 0 fully saturated rings. The molecular formula is C13H27P. The van der Waals surface area contributed by atoms with Crippen molar-refractivity contribution in [1.82, 2.24) is 0 Å². The van der Waals surface area contributed by atoms with Crippen LogP contribution in [0.2, 0.25) is 0 Å². The zero-order chi connectivity index (χ0) is 11.0. The topological polar surface area (TPSA) is 0 Å². The molecule has 1 unspecified atom stereocenters. The maximum Gasteiger partial charge on any atom is -0.0322 e. The van der Waals surface area contributed by atoms with Gasteiger partial charge in [-0.2, -0.15) is 0 Å². The van der Waals surface area contributed by atoms with Crippen molar-refractivity contribution in [1.29, 1.82) is 0 Å². The van der Waals surface area contributed by atoms with E-state index in [0.717, 1.165) is 5.92 Å². The Bertz CT molecular complexity index is 149. The Morgan fingerprint density at radius 1 is 1.21 bits per heavy atom. The molecule has 0 bridgehead atoms. The molecule has 0 aliphatic heterocycles. The summed E-state index contributed by atoms with van der Waals surface area (Å²) < 4.78 is 0. The van der Waals surface area contributed by atoms with E-state index in [0.29, 0.717) is 7.92 Å². The molecule has 0 aromatic carbocycles. The molecule has 0 heterocycles. The average Bonchev–Trinajstić information content (AvgIpc) is 2.02. The second kappa shape index (κ2) is 8.48. The lowest BCUT2D eigenvalue weighted by atomic mass is 10.1. The van der Waals surface area contributed by atoms with Crippen molar-refractivity contribution < 1.29 is 0 Å². The van der Waals surface area contributed by atoms with Gasteiger partial charge in [0.2, 0.25) is 0 Å². The summed E-state index contributed by atoms with van der Waals surface area (Å²) in [5, 5.41) is 0. The van der Waals surface area contributed by atoms with Gasteiger partial charge in [0.1, 0.15) is 0 Å². The lowest BCUT2D eigenvalue weighted by Gasteiger charge is -2.12. The molecule has 84 valence electrons. The Kier molecular flexibility index (Phi) is 8.58. The zero-order valence-corrected chi connectivity index (χ0v) is 11.4. The molecule has 0 spiro atoms. The van der Waals surface area contributed by atoms with Crippen molar-refractivity contribution in [3.05, 3.63) is 12.2 Å². The van der Waals surface area contributed by atoms with Gasteiger partial charge in [-0.3, -0.25) is 0 Å². The molecule has 0 saturated heterocycles. The largest absolute Gasteiger partial charge is 0.110 e. The second-order valence-electron chi connectivity index (χ2n) is 4.90. The highest BCUT2D eigenvalue weighted by molar-refractivity contribution is 7.56. The summed E-state index contributed by atoms with van der Waals surface area (Å²) in [5.41, 5.74) is 1.34. The Labute approximate surface area is 91.9 Å². The Morgan fingerprint density at radius 3 is 2.29 bits per heavy atom. The molecule has 0 aliphatic carbocycles. The van der Waals surface area contributed by atoms with Gasteiger partial charge in [0.15, 0.2) is 0 Å². The van der Waals surface area contributed by atoms with Crippen molar-refractivity contribution >= 4 is 7.92 Å². The molecular weight excluding hydrogens is 187 g/mol. The monoisotopic (exact) mass is 214 g/mol. The maximum absolute atomic E-state index is 3.94. The molecule has 0 saturated carbocycles. The van der Waals surface area contributed by atoms with E-state index in [2.05, 4.69) is 34.0 Å². The van der Waals surface area contributed by atoms with Crippen LogP contribution in [0.15, 0.2) is 12.2 Å². The summed E-state index contributed by atoms with van der Waals surface area (Å²) in [6, 6.07) is 0. The summed E-state index contributed by atoms with van der Waals surface area (Å²) in [6.07, 6.45) is 8.36. The minimum absolute atomic E-state index is 0.317. The minimum atomic E-state index is 0.317. The van der Waals surface area contributed by atoms with Crippen molar-refractivity contribution in [2.24, 2.45) is 5.92 Å². The summed E-state index contributed by atoms with van der Waals surface area (Å²) in [7, 11) is 0.317. The van der Waals surface area contributed by atoms with E-state index in [9.17, 15) is 0 Å². The van der Waals surface area contributed by atoms with E-state index < -0.39 is 0 Å². The summed E-state index contributed by atoms with van der Waals surface area (Å²) in [5.74, 6) is 0.883. The highest BCUT2D eigenvalue weighted by Gasteiger charge is 2.02. The van der Waals surface area contributed by atoms with E-state index >= 15 is 0 Å². The lowest BCUT2D eigenvalue weighted by Crippen LogP contribution is -1.93. The third-order valence-corrected chi connectivity index (χ3v) is 4.62. The normalized spacial score (nSPS) is 13.2. The third-order valence-electron chi connectivity index (χ3n) is 2.46. The third kappa shape index (κ3) is 10.3. The van der Waals surface area contributed by atoms with E-state index in [4.69, 9.17) is 0 Å². The molecule has 0 amide bonds. The van der Waals surface area contributed by atoms with Crippen LogP contribution >= 0.6 is 7.92 Å². The smallest absolute Gasteiger partial charge is 0.0322 e.